The number of nitrogens with one attached hydrogen (secondary N) is 1. The van der Waals surface area contributed by atoms with Gasteiger partial charge in [-0.2, -0.15) is 0 Å². The van der Waals surface area contributed by atoms with E-state index < -0.39 is 0 Å². The molecule has 108 valence electrons. The van der Waals surface area contributed by atoms with Crippen molar-refractivity contribution in [3.05, 3.63) is 48.2 Å². The highest BCUT2D eigenvalue weighted by molar-refractivity contribution is 7.99. The van der Waals surface area contributed by atoms with Gasteiger partial charge in [-0.15, -0.1) is 0 Å². The summed E-state index contributed by atoms with van der Waals surface area (Å²) in [6.07, 6.45) is 3.61. The van der Waals surface area contributed by atoms with Gasteiger partial charge < -0.3 is 10.7 Å². The summed E-state index contributed by atoms with van der Waals surface area (Å²) in [7, 11) is 0. The molecule has 21 heavy (non-hydrogen) atoms. The lowest BCUT2D eigenvalue weighted by Gasteiger charge is -2.11. The SMILES string of the molecule is CCC(N)Cc1cccnc1Sc1nc2ccccc2[nH]1. The van der Waals surface area contributed by atoms with Crippen LogP contribution < -0.4 is 5.73 Å². The first-order valence-corrected chi connectivity index (χ1v) is 7.90. The zero-order valence-electron chi connectivity index (χ0n) is 11.9. The molecule has 0 aliphatic carbocycles. The fraction of sp³-hybridized carbons (Fsp3) is 0.250. The van der Waals surface area contributed by atoms with Gasteiger partial charge in [0.05, 0.1) is 11.0 Å². The minimum Gasteiger partial charge on any atom is -0.333 e. The second-order valence-corrected chi connectivity index (χ2v) is 5.98. The molecule has 0 bridgehead atoms. The second kappa shape index (κ2) is 6.28. The molecule has 2 aromatic heterocycles. The van der Waals surface area contributed by atoms with Gasteiger partial charge in [0.25, 0.3) is 0 Å². The Balaban J connectivity index is 1.87. The van der Waals surface area contributed by atoms with Gasteiger partial charge in [-0.3, -0.25) is 0 Å². The molecule has 0 saturated heterocycles. The van der Waals surface area contributed by atoms with Crippen LogP contribution in [0.4, 0.5) is 0 Å². The zero-order valence-corrected chi connectivity index (χ0v) is 12.7. The Morgan fingerprint density at radius 3 is 2.90 bits per heavy atom. The summed E-state index contributed by atoms with van der Waals surface area (Å²) in [6, 6.07) is 12.2. The number of benzene rings is 1. The van der Waals surface area contributed by atoms with Crippen molar-refractivity contribution in [2.45, 2.75) is 36.0 Å². The maximum atomic E-state index is 6.07. The molecule has 0 spiro atoms. The van der Waals surface area contributed by atoms with Crippen molar-refractivity contribution in [1.29, 1.82) is 0 Å². The van der Waals surface area contributed by atoms with Crippen LogP contribution in [0, 0.1) is 0 Å². The predicted molar refractivity (Wildman–Crippen MR) is 86.4 cm³/mol. The zero-order chi connectivity index (χ0) is 14.7. The normalized spacial score (nSPS) is 12.7. The number of hydrogen-bond acceptors (Lipinski definition) is 4. The Hall–Kier alpha value is -1.85. The smallest absolute Gasteiger partial charge is 0.172 e. The van der Waals surface area contributed by atoms with Crippen molar-refractivity contribution in [2.24, 2.45) is 5.73 Å². The topological polar surface area (TPSA) is 67.6 Å². The van der Waals surface area contributed by atoms with Crippen LogP contribution in [0.2, 0.25) is 0 Å². The second-order valence-electron chi connectivity index (χ2n) is 5.00. The highest BCUT2D eigenvalue weighted by Gasteiger charge is 2.11. The van der Waals surface area contributed by atoms with Gasteiger partial charge in [-0.25, -0.2) is 9.97 Å². The van der Waals surface area contributed by atoms with Gasteiger partial charge in [0.15, 0.2) is 5.16 Å². The molecule has 1 atom stereocenters. The number of rotatable bonds is 5. The summed E-state index contributed by atoms with van der Waals surface area (Å²) in [5, 5.41) is 1.83. The van der Waals surface area contributed by atoms with E-state index in [1.807, 2.05) is 36.5 Å². The Labute approximate surface area is 128 Å². The number of aromatic amines is 1. The highest BCUT2D eigenvalue weighted by atomic mass is 32.2. The van der Waals surface area contributed by atoms with Crippen molar-refractivity contribution in [1.82, 2.24) is 15.0 Å². The monoisotopic (exact) mass is 298 g/mol. The summed E-state index contributed by atoms with van der Waals surface area (Å²) >= 11 is 1.56. The molecule has 1 aromatic carbocycles. The minimum atomic E-state index is 0.171. The molecule has 1 unspecified atom stereocenters. The highest BCUT2D eigenvalue weighted by Crippen LogP contribution is 2.28. The van der Waals surface area contributed by atoms with Crippen LogP contribution in [-0.2, 0) is 6.42 Å². The van der Waals surface area contributed by atoms with Crippen LogP contribution in [0.3, 0.4) is 0 Å². The lowest BCUT2D eigenvalue weighted by Crippen LogP contribution is -2.21. The largest absolute Gasteiger partial charge is 0.333 e. The molecule has 0 fully saturated rings. The van der Waals surface area contributed by atoms with Crippen molar-refractivity contribution in [3.8, 4) is 0 Å². The molecular formula is C16H18N4S. The first kappa shape index (κ1) is 14.1. The fourth-order valence-electron chi connectivity index (χ4n) is 2.17. The molecule has 0 amide bonds. The number of pyridine rings is 1. The van der Waals surface area contributed by atoms with Crippen molar-refractivity contribution < 1.29 is 0 Å². The molecule has 3 rings (SSSR count). The van der Waals surface area contributed by atoms with E-state index in [0.29, 0.717) is 0 Å². The van der Waals surface area contributed by atoms with E-state index in [0.717, 1.165) is 34.1 Å². The number of H-pyrrole nitrogens is 1. The summed E-state index contributed by atoms with van der Waals surface area (Å²) in [6.45, 7) is 2.10. The van der Waals surface area contributed by atoms with Crippen molar-refractivity contribution >= 4 is 22.8 Å². The van der Waals surface area contributed by atoms with E-state index in [9.17, 15) is 0 Å². The average Bonchev–Trinajstić information content (AvgIpc) is 2.91. The van der Waals surface area contributed by atoms with E-state index in [1.54, 1.807) is 11.8 Å². The summed E-state index contributed by atoms with van der Waals surface area (Å²) in [4.78, 5) is 12.4. The molecule has 2 heterocycles. The van der Waals surface area contributed by atoms with Gasteiger partial charge in [-0.05, 0) is 48.4 Å². The van der Waals surface area contributed by atoms with E-state index in [-0.39, 0.29) is 6.04 Å². The standard InChI is InChI=1S/C16H18N4S/c1-2-12(17)10-11-6-5-9-18-15(11)21-16-19-13-7-3-4-8-14(13)20-16/h3-9,12H,2,10,17H2,1H3,(H,19,20). The van der Waals surface area contributed by atoms with E-state index in [2.05, 4.69) is 27.9 Å². The fourth-order valence-corrected chi connectivity index (χ4v) is 3.05. The van der Waals surface area contributed by atoms with Crippen LogP contribution in [-0.4, -0.2) is 21.0 Å². The average molecular weight is 298 g/mol. The maximum absolute atomic E-state index is 6.07. The summed E-state index contributed by atoms with van der Waals surface area (Å²) in [5.74, 6) is 0. The van der Waals surface area contributed by atoms with Crippen LogP contribution in [0.25, 0.3) is 11.0 Å². The van der Waals surface area contributed by atoms with Crippen LogP contribution in [0.1, 0.15) is 18.9 Å². The number of aromatic nitrogens is 3. The van der Waals surface area contributed by atoms with E-state index in [4.69, 9.17) is 5.73 Å². The van der Waals surface area contributed by atoms with Gasteiger partial charge in [0.2, 0.25) is 0 Å². The third-order valence-electron chi connectivity index (χ3n) is 3.42. The van der Waals surface area contributed by atoms with Gasteiger partial charge in [0.1, 0.15) is 5.03 Å². The minimum absolute atomic E-state index is 0.171. The van der Waals surface area contributed by atoms with E-state index >= 15 is 0 Å². The van der Waals surface area contributed by atoms with Crippen LogP contribution >= 0.6 is 11.8 Å². The maximum Gasteiger partial charge on any atom is 0.172 e. The molecular weight excluding hydrogens is 280 g/mol. The molecule has 0 aliphatic rings. The number of hydrogen-bond donors (Lipinski definition) is 2. The molecule has 0 aliphatic heterocycles. The molecule has 4 nitrogen and oxygen atoms in total. The quantitative estimate of drug-likeness (QED) is 0.757. The lowest BCUT2D eigenvalue weighted by atomic mass is 10.1. The molecule has 0 saturated carbocycles. The first-order valence-electron chi connectivity index (χ1n) is 7.08. The van der Waals surface area contributed by atoms with E-state index in [1.165, 1.54) is 5.56 Å². The first-order chi connectivity index (χ1) is 10.3. The number of imidazole rings is 1. The van der Waals surface area contributed by atoms with Crippen molar-refractivity contribution in [2.75, 3.05) is 0 Å². The number of nitrogens with two attached hydrogens (primary N) is 1. The molecule has 3 N–H and O–H groups in total. The molecule has 0 radical (unpaired) electrons. The molecule has 5 heteroatoms. The Morgan fingerprint density at radius 1 is 1.24 bits per heavy atom. The Morgan fingerprint density at radius 2 is 2.10 bits per heavy atom. The van der Waals surface area contributed by atoms with Crippen LogP contribution in [0.5, 0.6) is 0 Å². The summed E-state index contributed by atoms with van der Waals surface area (Å²) in [5.41, 5.74) is 9.27. The Kier molecular flexibility index (Phi) is 4.22. The molecule has 3 aromatic rings. The lowest BCUT2D eigenvalue weighted by molar-refractivity contribution is 0.637. The third-order valence-corrected chi connectivity index (χ3v) is 4.37. The predicted octanol–water partition coefficient (Wildman–Crippen LogP) is 3.39. The van der Waals surface area contributed by atoms with Gasteiger partial charge >= 0.3 is 0 Å². The number of fused-ring (bicyclic) bond motifs is 1. The van der Waals surface area contributed by atoms with Crippen LogP contribution in [0.15, 0.2) is 52.8 Å². The summed E-state index contributed by atoms with van der Waals surface area (Å²) < 4.78 is 0. The third kappa shape index (κ3) is 3.25. The van der Waals surface area contributed by atoms with Gasteiger partial charge in [0, 0.05) is 12.2 Å². The van der Waals surface area contributed by atoms with Gasteiger partial charge in [-0.1, -0.05) is 25.1 Å². The van der Waals surface area contributed by atoms with Crippen molar-refractivity contribution in [3.63, 3.8) is 0 Å². The number of nitrogens with zero attached hydrogens (tertiary/aromatic N) is 2. The number of para-hydroxylation sites is 2. The Bertz CT molecular complexity index is 705.